The van der Waals surface area contributed by atoms with Crippen LogP contribution < -0.4 is 0 Å². The molecular weight excluding hydrogens is 1060 g/mol. The standard InChI is InChI=1S/C74H120NO8P/c1-6-8-10-12-14-16-18-20-22-24-26-28-29-30-31-32-33-34-35-36-37-38-39-40-41-42-43-44-45-47-49-51-53-55-57-59-61-63-65-67-74(77)83-72(71-82-84(78,79)81-69-68-75(3,4)5)70-80-73(76)66-64-62-60-58-56-54-52-50-48-46-27-25-23-21-19-17-15-13-11-9-7-2/h8-11,14-17,20-23,26-28,30-31,33-34,36-37,39-40,42-43,45-47,72H,6-7,12-13,18-19,24-25,29,32,35,38,41,44,48-71H2,1-5H3/p+1/b10-8-,11-9-,16-14-,17-15-,22-20-,23-21-,28-26-,31-30-,34-33-,37-36-,40-39-,43-42-,46-27-,47-45-. The van der Waals surface area contributed by atoms with Gasteiger partial charge in [-0.15, -0.1) is 0 Å². The van der Waals surface area contributed by atoms with E-state index in [9.17, 15) is 19.0 Å². The number of esters is 2. The van der Waals surface area contributed by atoms with Crippen LogP contribution in [0, 0.1) is 0 Å². The molecule has 0 heterocycles. The number of hydrogen-bond donors (Lipinski definition) is 1. The lowest BCUT2D eigenvalue weighted by Gasteiger charge is -2.24. The molecule has 0 aliphatic rings. The van der Waals surface area contributed by atoms with Crippen LogP contribution in [-0.4, -0.2) is 74.9 Å². The Morgan fingerprint density at radius 2 is 0.643 bits per heavy atom. The number of nitrogens with zero attached hydrogens (tertiary/aromatic N) is 1. The Morgan fingerprint density at radius 3 is 0.952 bits per heavy atom. The van der Waals surface area contributed by atoms with E-state index in [4.69, 9.17) is 18.5 Å². The first-order valence-corrected chi connectivity index (χ1v) is 34.4. The number of quaternary nitrogens is 1. The third-order valence-corrected chi connectivity index (χ3v) is 14.2. The molecule has 1 N–H and O–H groups in total. The van der Waals surface area contributed by atoms with Gasteiger partial charge in [0.1, 0.15) is 19.8 Å². The maximum atomic E-state index is 12.9. The van der Waals surface area contributed by atoms with Crippen molar-refractivity contribution in [3.63, 3.8) is 0 Å². The summed E-state index contributed by atoms with van der Waals surface area (Å²) in [5, 5.41) is 0. The van der Waals surface area contributed by atoms with Crippen molar-refractivity contribution in [3.8, 4) is 0 Å². The summed E-state index contributed by atoms with van der Waals surface area (Å²) in [6.45, 7) is 4.17. The van der Waals surface area contributed by atoms with Crippen LogP contribution in [0.1, 0.15) is 232 Å². The molecule has 0 aromatic carbocycles. The second-order valence-corrected chi connectivity index (χ2v) is 23.8. The van der Waals surface area contributed by atoms with Gasteiger partial charge in [-0.1, -0.05) is 261 Å². The summed E-state index contributed by atoms with van der Waals surface area (Å²) >= 11 is 0. The van der Waals surface area contributed by atoms with Crippen molar-refractivity contribution in [2.75, 3.05) is 47.5 Å². The monoisotopic (exact) mass is 1180 g/mol. The van der Waals surface area contributed by atoms with Gasteiger partial charge in [-0.2, -0.15) is 0 Å². The van der Waals surface area contributed by atoms with Crippen LogP contribution >= 0.6 is 7.82 Å². The summed E-state index contributed by atoms with van der Waals surface area (Å²) in [6.07, 6.45) is 95.8. The third kappa shape index (κ3) is 66.5. The molecule has 2 atom stereocenters. The predicted octanol–water partition coefficient (Wildman–Crippen LogP) is 21.4. The molecule has 10 heteroatoms. The second-order valence-electron chi connectivity index (χ2n) is 22.4. The summed E-state index contributed by atoms with van der Waals surface area (Å²) in [7, 11) is 1.44. The lowest BCUT2D eigenvalue weighted by Crippen LogP contribution is -2.37. The van der Waals surface area contributed by atoms with E-state index in [0.717, 1.165) is 148 Å². The number of phosphoric ester groups is 1. The van der Waals surface area contributed by atoms with E-state index in [2.05, 4.69) is 184 Å². The number of rotatable bonds is 58. The van der Waals surface area contributed by atoms with Crippen LogP contribution in [0.3, 0.4) is 0 Å². The lowest BCUT2D eigenvalue weighted by atomic mass is 10.1. The molecule has 0 amide bonds. The Hall–Kier alpha value is -4.63. The maximum Gasteiger partial charge on any atom is 0.472 e. The first-order chi connectivity index (χ1) is 41.0. The molecule has 0 spiro atoms. The number of carbonyl (C=O) groups is 2. The van der Waals surface area contributed by atoms with E-state index in [1.54, 1.807) is 0 Å². The van der Waals surface area contributed by atoms with Gasteiger partial charge in [-0.3, -0.25) is 18.6 Å². The Kier molecular flexibility index (Phi) is 59.4. The second kappa shape index (κ2) is 62.9. The van der Waals surface area contributed by atoms with Gasteiger partial charge < -0.3 is 18.9 Å². The quantitative estimate of drug-likeness (QED) is 0.0211. The highest BCUT2D eigenvalue weighted by Crippen LogP contribution is 2.43. The van der Waals surface area contributed by atoms with Crippen LogP contribution in [-0.2, 0) is 32.7 Å². The van der Waals surface area contributed by atoms with Crippen molar-refractivity contribution in [2.24, 2.45) is 0 Å². The summed E-state index contributed by atoms with van der Waals surface area (Å²) in [5.41, 5.74) is 0. The number of ether oxygens (including phenoxy) is 2. The number of allylic oxidation sites excluding steroid dienone is 28. The van der Waals surface area contributed by atoms with Crippen LogP contribution in [0.15, 0.2) is 170 Å². The molecule has 0 bridgehead atoms. The topological polar surface area (TPSA) is 108 Å². The van der Waals surface area contributed by atoms with Gasteiger partial charge in [0.25, 0.3) is 0 Å². The Bertz CT molecular complexity index is 2020. The molecule has 0 saturated heterocycles. The number of unbranched alkanes of at least 4 members (excludes halogenated alkanes) is 16. The highest BCUT2D eigenvalue weighted by molar-refractivity contribution is 7.47. The number of phosphoric acid groups is 1. The Labute approximate surface area is 515 Å². The summed E-state index contributed by atoms with van der Waals surface area (Å²) in [5.74, 6) is -0.827. The molecule has 0 aromatic heterocycles. The molecular formula is C74H121NO8P+. The maximum absolute atomic E-state index is 12.9. The predicted molar refractivity (Wildman–Crippen MR) is 362 cm³/mol. The van der Waals surface area contributed by atoms with Crippen molar-refractivity contribution in [1.82, 2.24) is 0 Å². The summed E-state index contributed by atoms with van der Waals surface area (Å²) in [4.78, 5) is 35.8. The fourth-order valence-electron chi connectivity index (χ4n) is 8.27. The first-order valence-electron chi connectivity index (χ1n) is 32.9. The fraction of sp³-hybridized carbons (Fsp3) is 0.595. The van der Waals surface area contributed by atoms with Crippen molar-refractivity contribution in [3.05, 3.63) is 170 Å². The molecule has 0 aromatic rings. The smallest absolute Gasteiger partial charge is 0.462 e. The Morgan fingerprint density at radius 1 is 0.369 bits per heavy atom. The molecule has 0 aliphatic heterocycles. The highest BCUT2D eigenvalue weighted by atomic mass is 31.2. The van der Waals surface area contributed by atoms with Gasteiger partial charge in [0.15, 0.2) is 6.10 Å². The van der Waals surface area contributed by atoms with Crippen molar-refractivity contribution < 1.29 is 42.1 Å². The van der Waals surface area contributed by atoms with Crippen LogP contribution in [0.4, 0.5) is 0 Å². The fourth-order valence-corrected chi connectivity index (χ4v) is 9.01. The molecule has 2 unspecified atom stereocenters. The average Bonchev–Trinajstić information content (AvgIpc) is 3.61. The SMILES string of the molecule is CC/C=C\C/C=C\C/C=C\C/C=C\C/C=C\C/C=C\C/C=C\C/C=C\C/C=C\C/C=C\CCCCCCCCCCC(=O)OC(COC(=O)CCCCCCCCCC/C=C\C/C=C\C/C=C\C/C=C\CC)COP(=O)(O)OCC[N+](C)(C)C. The van der Waals surface area contributed by atoms with E-state index >= 15 is 0 Å². The Balaban J connectivity index is 4.16. The first kappa shape index (κ1) is 79.4. The third-order valence-electron chi connectivity index (χ3n) is 13.2. The minimum absolute atomic E-state index is 0.0194. The zero-order chi connectivity index (χ0) is 61.2. The summed E-state index contributed by atoms with van der Waals surface area (Å²) in [6, 6.07) is 0. The number of carbonyl (C=O) groups excluding carboxylic acids is 2. The van der Waals surface area contributed by atoms with Gasteiger partial charge in [0.05, 0.1) is 27.7 Å². The van der Waals surface area contributed by atoms with Crippen molar-refractivity contribution in [1.29, 1.82) is 0 Å². The largest absolute Gasteiger partial charge is 0.472 e. The van der Waals surface area contributed by atoms with E-state index < -0.39 is 26.5 Å². The van der Waals surface area contributed by atoms with E-state index in [-0.39, 0.29) is 32.0 Å². The molecule has 0 rings (SSSR count). The number of likely N-dealkylation sites (N-methyl/N-ethyl adjacent to an activating group) is 1. The van der Waals surface area contributed by atoms with Crippen LogP contribution in [0.5, 0.6) is 0 Å². The van der Waals surface area contributed by atoms with Gasteiger partial charge in [0, 0.05) is 12.8 Å². The van der Waals surface area contributed by atoms with E-state index in [1.165, 1.54) is 51.4 Å². The van der Waals surface area contributed by atoms with Crippen molar-refractivity contribution >= 4 is 19.8 Å². The minimum Gasteiger partial charge on any atom is -0.462 e. The number of hydrogen-bond acceptors (Lipinski definition) is 7. The average molecular weight is 1180 g/mol. The van der Waals surface area contributed by atoms with E-state index in [0.29, 0.717) is 17.4 Å². The molecule has 474 valence electrons. The zero-order valence-electron chi connectivity index (χ0n) is 53.8. The molecule has 0 fully saturated rings. The van der Waals surface area contributed by atoms with Gasteiger partial charge in [-0.05, 0) is 128 Å². The highest BCUT2D eigenvalue weighted by Gasteiger charge is 2.27. The minimum atomic E-state index is -4.41. The molecule has 84 heavy (non-hydrogen) atoms. The zero-order valence-corrected chi connectivity index (χ0v) is 54.7. The van der Waals surface area contributed by atoms with Crippen LogP contribution in [0.2, 0.25) is 0 Å². The van der Waals surface area contributed by atoms with Crippen molar-refractivity contribution in [2.45, 2.75) is 238 Å². The van der Waals surface area contributed by atoms with Gasteiger partial charge in [0.2, 0.25) is 0 Å². The lowest BCUT2D eigenvalue weighted by molar-refractivity contribution is -0.870. The normalized spacial score (nSPS) is 14.3. The van der Waals surface area contributed by atoms with Gasteiger partial charge in [-0.25, -0.2) is 4.57 Å². The molecule has 0 radical (unpaired) electrons. The molecule has 0 saturated carbocycles. The van der Waals surface area contributed by atoms with E-state index in [1.807, 2.05) is 21.1 Å². The molecule has 9 nitrogen and oxygen atoms in total. The molecule has 0 aliphatic carbocycles. The van der Waals surface area contributed by atoms with Gasteiger partial charge >= 0.3 is 19.8 Å². The summed E-state index contributed by atoms with van der Waals surface area (Å²) < 4.78 is 34.6. The van der Waals surface area contributed by atoms with Crippen LogP contribution in [0.25, 0.3) is 0 Å².